The number of aromatic nitrogens is 1. The second-order valence-electron chi connectivity index (χ2n) is 6.95. The molecule has 2 aromatic heterocycles. The van der Waals surface area contributed by atoms with E-state index in [1.165, 1.54) is 23.5 Å². The average molecular weight is 447 g/mol. The van der Waals surface area contributed by atoms with Crippen molar-refractivity contribution < 1.29 is 19.2 Å². The van der Waals surface area contributed by atoms with Gasteiger partial charge in [0.25, 0.3) is 11.6 Å². The molecule has 0 aliphatic heterocycles. The molecule has 0 aliphatic rings. The number of nitro groups is 1. The Morgan fingerprint density at radius 2 is 1.94 bits per heavy atom. The number of hydrogen-bond acceptors (Lipinski definition) is 7. The normalized spacial score (nSPS) is 10.7. The highest BCUT2D eigenvalue weighted by molar-refractivity contribution is 7.13. The first-order valence-corrected chi connectivity index (χ1v) is 10.5. The molecule has 0 spiro atoms. The molecule has 32 heavy (non-hydrogen) atoms. The number of anilines is 1. The number of pyridine rings is 1. The fourth-order valence-electron chi connectivity index (χ4n) is 3.19. The smallest absolute Gasteiger partial charge is 0.339 e. The molecule has 1 N–H and O–H groups in total. The summed E-state index contributed by atoms with van der Waals surface area (Å²) in [5.74, 6) is -1.36. The van der Waals surface area contributed by atoms with Crippen molar-refractivity contribution in [3.05, 3.63) is 87.3 Å². The first-order valence-electron chi connectivity index (χ1n) is 9.58. The van der Waals surface area contributed by atoms with Gasteiger partial charge in [0, 0.05) is 11.5 Å². The zero-order valence-corrected chi connectivity index (χ0v) is 17.7. The van der Waals surface area contributed by atoms with E-state index >= 15 is 0 Å². The predicted molar refractivity (Wildman–Crippen MR) is 122 cm³/mol. The number of aryl methyl sites for hydroxylation is 1. The number of esters is 1. The van der Waals surface area contributed by atoms with Crippen LogP contribution < -0.4 is 5.32 Å². The molecule has 0 atom stereocenters. The van der Waals surface area contributed by atoms with Crippen LogP contribution in [0.25, 0.3) is 21.5 Å². The van der Waals surface area contributed by atoms with Gasteiger partial charge >= 0.3 is 5.97 Å². The average Bonchev–Trinajstić information content (AvgIpc) is 3.33. The minimum Gasteiger partial charge on any atom is -0.452 e. The molecule has 0 unspecified atom stereocenters. The molecular weight excluding hydrogens is 430 g/mol. The highest BCUT2D eigenvalue weighted by atomic mass is 32.1. The van der Waals surface area contributed by atoms with Crippen LogP contribution in [0.15, 0.2) is 66.0 Å². The van der Waals surface area contributed by atoms with E-state index in [0.717, 1.165) is 4.88 Å². The van der Waals surface area contributed by atoms with E-state index in [9.17, 15) is 19.7 Å². The van der Waals surface area contributed by atoms with Crippen molar-refractivity contribution in [2.45, 2.75) is 6.92 Å². The van der Waals surface area contributed by atoms with Crippen LogP contribution in [0, 0.1) is 17.0 Å². The maximum atomic E-state index is 12.8. The number of rotatable bonds is 6. The van der Waals surface area contributed by atoms with Gasteiger partial charge in [0.15, 0.2) is 6.61 Å². The van der Waals surface area contributed by atoms with Crippen LogP contribution in [0.1, 0.15) is 15.9 Å². The predicted octanol–water partition coefficient (Wildman–Crippen LogP) is 4.98. The van der Waals surface area contributed by atoms with Gasteiger partial charge in [0.1, 0.15) is 5.69 Å². The van der Waals surface area contributed by atoms with Crippen LogP contribution in [0.2, 0.25) is 0 Å². The van der Waals surface area contributed by atoms with Gasteiger partial charge in [-0.15, -0.1) is 11.3 Å². The van der Waals surface area contributed by atoms with E-state index in [2.05, 4.69) is 10.3 Å². The van der Waals surface area contributed by atoms with Crippen molar-refractivity contribution in [3.8, 4) is 10.6 Å². The number of ether oxygens (including phenoxy) is 1. The number of carbonyl (C=O) groups excluding carboxylic acids is 2. The Labute approximate surface area is 186 Å². The van der Waals surface area contributed by atoms with Gasteiger partial charge in [0.2, 0.25) is 0 Å². The third kappa shape index (κ3) is 4.47. The van der Waals surface area contributed by atoms with E-state index in [1.807, 2.05) is 23.6 Å². The maximum Gasteiger partial charge on any atom is 0.339 e. The molecule has 0 saturated heterocycles. The number of nitrogens with one attached hydrogen (secondary N) is 1. The Bertz CT molecular complexity index is 1330. The quantitative estimate of drug-likeness (QED) is 0.254. The topological polar surface area (TPSA) is 111 Å². The monoisotopic (exact) mass is 447 g/mol. The molecule has 9 heteroatoms. The Morgan fingerprint density at radius 1 is 1.12 bits per heavy atom. The molecule has 4 rings (SSSR count). The number of nitrogens with zero attached hydrogens (tertiary/aromatic N) is 2. The fraction of sp³-hybridized carbons (Fsp3) is 0.0870. The molecule has 8 nitrogen and oxygen atoms in total. The van der Waals surface area contributed by atoms with Crippen molar-refractivity contribution in [2.24, 2.45) is 0 Å². The number of fused-ring (bicyclic) bond motifs is 1. The van der Waals surface area contributed by atoms with Gasteiger partial charge in [0.05, 0.1) is 26.6 Å². The molecule has 0 saturated carbocycles. The maximum absolute atomic E-state index is 12.8. The minimum absolute atomic E-state index is 0.0380. The molecule has 0 fully saturated rings. The number of benzene rings is 2. The van der Waals surface area contributed by atoms with Crippen molar-refractivity contribution in [1.29, 1.82) is 0 Å². The van der Waals surface area contributed by atoms with Crippen LogP contribution in [0.4, 0.5) is 11.4 Å². The van der Waals surface area contributed by atoms with E-state index < -0.39 is 23.4 Å². The number of nitro benzene ring substituents is 1. The van der Waals surface area contributed by atoms with E-state index in [-0.39, 0.29) is 16.9 Å². The molecule has 0 aliphatic carbocycles. The third-order valence-electron chi connectivity index (χ3n) is 4.67. The largest absolute Gasteiger partial charge is 0.452 e. The first-order chi connectivity index (χ1) is 15.4. The molecule has 2 aromatic carbocycles. The van der Waals surface area contributed by atoms with Crippen LogP contribution in [0.5, 0.6) is 0 Å². The van der Waals surface area contributed by atoms with E-state index in [0.29, 0.717) is 22.2 Å². The van der Waals surface area contributed by atoms with Crippen LogP contribution >= 0.6 is 11.3 Å². The Kier molecular flexibility index (Phi) is 5.91. The summed E-state index contributed by atoms with van der Waals surface area (Å²) in [6.07, 6.45) is 0. The van der Waals surface area contributed by atoms with Crippen LogP contribution in [0.3, 0.4) is 0 Å². The lowest BCUT2D eigenvalue weighted by molar-refractivity contribution is -0.384. The van der Waals surface area contributed by atoms with E-state index in [1.54, 1.807) is 37.3 Å². The Morgan fingerprint density at radius 3 is 2.69 bits per heavy atom. The van der Waals surface area contributed by atoms with Crippen molar-refractivity contribution in [3.63, 3.8) is 0 Å². The lowest BCUT2D eigenvalue weighted by atomic mass is 10.1. The summed E-state index contributed by atoms with van der Waals surface area (Å²) in [6.45, 7) is 1.12. The molecular formula is C23H17N3O5S. The second-order valence-corrected chi connectivity index (χ2v) is 7.90. The Balaban J connectivity index is 1.53. The zero-order valence-electron chi connectivity index (χ0n) is 16.9. The van der Waals surface area contributed by atoms with Crippen molar-refractivity contribution in [2.75, 3.05) is 11.9 Å². The lowest BCUT2D eigenvalue weighted by Gasteiger charge is -2.10. The summed E-state index contributed by atoms with van der Waals surface area (Å²) in [4.78, 5) is 41.3. The van der Waals surface area contributed by atoms with Crippen molar-refractivity contribution >= 4 is 45.5 Å². The molecule has 0 bridgehead atoms. The summed E-state index contributed by atoms with van der Waals surface area (Å²) >= 11 is 1.50. The first kappa shape index (κ1) is 21.1. The van der Waals surface area contributed by atoms with Gasteiger partial charge in [-0.3, -0.25) is 14.9 Å². The lowest BCUT2D eigenvalue weighted by Crippen LogP contribution is -2.21. The Hall–Kier alpha value is -4.11. The van der Waals surface area contributed by atoms with Gasteiger partial charge in [-0.25, -0.2) is 9.78 Å². The summed E-state index contributed by atoms with van der Waals surface area (Å²) < 4.78 is 5.22. The van der Waals surface area contributed by atoms with Gasteiger partial charge < -0.3 is 10.1 Å². The third-order valence-corrected chi connectivity index (χ3v) is 5.56. The van der Waals surface area contributed by atoms with Gasteiger partial charge in [-0.1, -0.05) is 30.3 Å². The number of amides is 1. The highest BCUT2D eigenvalue weighted by Gasteiger charge is 2.19. The van der Waals surface area contributed by atoms with Crippen LogP contribution in [-0.2, 0) is 9.53 Å². The fourth-order valence-corrected chi connectivity index (χ4v) is 3.87. The molecule has 1 amide bonds. The number of hydrogen-bond donors (Lipinski definition) is 1. The molecule has 4 aromatic rings. The standard InChI is InChI=1S/C23H17N3O5S/c1-14-8-9-18(20(11-14)26(29)30)25-22(27)13-31-23(28)16-12-19(21-7-4-10-32-21)24-17-6-3-2-5-15(16)17/h2-12H,13H2,1H3,(H,25,27). The summed E-state index contributed by atoms with van der Waals surface area (Å²) in [6, 6.07) is 17.0. The molecule has 160 valence electrons. The molecule has 0 radical (unpaired) electrons. The number of para-hydroxylation sites is 1. The SMILES string of the molecule is Cc1ccc(NC(=O)COC(=O)c2cc(-c3cccs3)nc3ccccc23)c([N+](=O)[O-])c1. The summed E-state index contributed by atoms with van der Waals surface area (Å²) in [7, 11) is 0. The van der Waals surface area contributed by atoms with Crippen molar-refractivity contribution in [1.82, 2.24) is 4.98 Å². The summed E-state index contributed by atoms with van der Waals surface area (Å²) in [5, 5.41) is 16.2. The van der Waals surface area contributed by atoms with Crippen LogP contribution in [-0.4, -0.2) is 28.4 Å². The number of thiophene rings is 1. The van der Waals surface area contributed by atoms with Gasteiger partial charge in [-0.05, 0) is 42.1 Å². The second kappa shape index (κ2) is 8.94. The summed E-state index contributed by atoms with van der Waals surface area (Å²) in [5.41, 5.74) is 2.04. The molecule has 2 heterocycles. The highest BCUT2D eigenvalue weighted by Crippen LogP contribution is 2.28. The van der Waals surface area contributed by atoms with E-state index in [4.69, 9.17) is 4.74 Å². The zero-order chi connectivity index (χ0) is 22.7. The number of carbonyl (C=O) groups is 2. The minimum atomic E-state index is -0.685. The van der Waals surface area contributed by atoms with Gasteiger partial charge in [-0.2, -0.15) is 0 Å².